The molecule has 1 atom stereocenters. The Labute approximate surface area is 227 Å². The average Bonchev–Trinajstić information content (AvgIpc) is 3.52. The fraction of sp³-hybridized carbons (Fsp3) is 0.156. The van der Waals surface area contributed by atoms with Gasteiger partial charge in [0.2, 0.25) is 0 Å². The quantitative estimate of drug-likeness (QED) is 0.269. The Hall–Kier alpha value is -4.91. The predicted octanol–water partition coefficient (Wildman–Crippen LogP) is 6.11. The topological polar surface area (TPSA) is 80.3 Å². The number of benzene rings is 3. The van der Waals surface area contributed by atoms with E-state index in [1.807, 2.05) is 77.7 Å². The molecule has 0 spiro atoms. The number of nitrogens with one attached hydrogen (secondary N) is 1. The minimum absolute atomic E-state index is 0.0963. The van der Waals surface area contributed by atoms with E-state index in [4.69, 9.17) is 9.47 Å². The molecule has 0 radical (unpaired) electrons. The number of hydrogen-bond acceptors (Lipinski definition) is 5. The minimum Gasteiger partial charge on any atom is -0.493 e. The first-order valence-corrected chi connectivity index (χ1v) is 12.8. The number of aromatic nitrogens is 3. The SMILES string of the molecule is COc1cc(C2c3c(-c4ccc(C)cc4)n[nH]c3C(=O)N2Cc2ccncc2)ccc1OCc1ccccc1. The number of rotatable bonds is 8. The highest BCUT2D eigenvalue weighted by Crippen LogP contribution is 2.45. The van der Waals surface area contributed by atoms with Gasteiger partial charge in [0.1, 0.15) is 12.3 Å². The van der Waals surface area contributed by atoms with Crippen LogP contribution in [0, 0.1) is 6.92 Å². The zero-order valence-corrected chi connectivity index (χ0v) is 21.8. The summed E-state index contributed by atoms with van der Waals surface area (Å²) >= 11 is 0. The van der Waals surface area contributed by atoms with Crippen molar-refractivity contribution in [1.29, 1.82) is 0 Å². The normalized spacial score (nSPS) is 14.4. The summed E-state index contributed by atoms with van der Waals surface area (Å²) < 4.78 is 11.9. The van der Waals surface area contributed by atoms with E-state index in [1.54, 1.807) is 19.5 Å². The van der Waals surface area contributed by atoms with Gasteiger partial charge in [-0.15, -0.1) is 0 Å². The molecule has 3 heterocycles. The van der Waals surface area contributed by atoms with E-state index < -0.39 is 0 Å². The number of amides is 1. The largest absolute Gasteiger partial charge is 0.493 e. The molecule has 0 fully saturated rings. The van der Waals surface area contributed by atoms with Gasteiger partial charge in [0.15, 0.2) is 11.5 Å². The van der Waals surface area contributed by atoms with Crippen molar-refractivity contribution in [2.45, 2.75) is 26.1 Å². The van der Waals surface area contributed by atoms with Crippen molar-refractivity contribution >= 4 is 5.91 Å². The molecule has 194 valence electrons. The van der Waals surface area contributed by atoms with Crippen molar-refractivity contribution in [2.75, 3.05) is 7.11 Å². The van der Waals surface area contributed by atoms with E-state index in [0.717, 1.165) is 39.1 Å². The lowest BCUT2D eigenvalue weighted by atomic mass is 9.95. The van der Waals surface area contributed by atoms with E-state index in [-0.39, 0.29) is 11.9 Å². The molecule has 0 aliphatic carbocycles. The van der Waals surface area contributed by atoms with E-state index >= 15 is 0 Å². The van der Waals surface area contributed by atoms with E-state index in [1.165, 1.54) is 0 Å². The molecule has 7 nitrogen and oxygen atoms in total. The third-order valence-corrected chi connectivity index (χ3v) is 7.03. The number of H-pyrrole nitrogens is 1. The second-order valence-electron chi connectivity index (χ2n) is 9.60. The van der Waals surface area contributed by atoms with Crippen molar-refractivity contribution in [3.8, 4) is 22.8 Å². The van der Waals surface area contributed by atoms with Crippen molar-refractivity contribution in [2.24, 2.45) is 0 Å². The van der Waals surface area contributed by atoms with Crippen LogP contribution in [0.3, 0.4) is 0 Å². The summed E-state index contributed by atoms with van der Waals surface area (Å²) in [7, 11) is 1.63. The predicted molar refractivity (Wildman–Crippen MR) is 148 cm³/mol. The van der Waals surface area contributed by atoms with Crippen LogP contribution >= 0.6 is 0 Å². The fourth-order valence-corrected chi connectivity index (χ4v) is 5.03. The highest BCUT2D eigenvalue weighted by molar-refractivity contribution is 6.00. The van der Waals surface area contributed by atoms with Crippen LogP contribution in [-0.2, 0) is 13.2 Å². The van der Waals surface area contributed by atoms with Crippen molar-refractivity contribution in [3.05, 3.63) is 131 Å². The van der Waals surface area contributed by atoms with Gasteiger partial charge in [0.05, 0.1) is 18.8 Å². The summed E-state index contributed by atoms with van der Waals surface area (Å²) in [4.78, 5) is 19.7. The number of aromatic amines is 1. The van der Waals surface area contributed by atoms with Crippen LogP contribution in [-0.4, -0.2) is 33.1 Å². The molecular weight excluding hydrogens is 488 g/mol. The van der Waals surface area contributed by atoms with Gasteiger partial charge in [-0.05, 0) is 47.9 Å². The van der Waals surface area contributed by atoms with Crippen molar-refractivity contribution < 1.29 is 14.3 Å². The van der Waals surface area contributed by atoms with Gasteiger partial charge in [0.25, 0.3) is 5.91 Å². The molecule has 0 saturated heterocycles. The Morgan fingerprint density at radius 3 is 2.41 bits per heavy atom. The summed E-state index contributed by atoms with van der Waals surface area (Å²) in [6.07, 6.45) is 3.48. The summed E-state index contributed by atoms with van der Waals surface area (Å²) in [5.74, 6) is 1.15. The van der Waals surface area contributed by atoms with Crippen LogP contribution in [0.15, 0.2) is 97.3 Å². The lowest BCUT2D eigenvalue weighted by Crippen LogP contribution is -2.29. The minimum atomic E-state index is -0.368. The molecule has 6 rings (SSSR count). The first kappa shape index (κ1) is 24.4. The number of pyridine rings is 1. The summed E-state index contributed by atoms with van der Waals surface area (Å²) in [6.45, 7) is 2.90. The smallest absolute Gasteiger partial charge is 0.273 e. The standard InChI is InChI=1S/C32H28N4O3/c1-21-8-10-24(11-9-21)29-28-30(35-34-29)32(37)36(19-22-14-16-33-17-15-22)31(28)25-12-13-26(27(18-25)38-2)39-20-23-6-4-3-5-7-23/h3-18,31H,19-20H2,1-2H3,(H,34,35). The number of carbonyl (C=O) groups excluding carboxylic acids is 1. The fourth-order valence-electron chi connectivity index (χ4n) is 5.03. The summed E-state index contributed by atoms with van der Waals surface area (Å²) in [5.41, 5.74) is 7.22. The highest BCUT2D eigenvalue weighted by atomic mass is 16.5. The van der Waals surface area contributed by atoms with E-state index in [2.05, 4.69) is 34.2 Å². The number of hydrogen-bond donors (Lipinski definition) is 1. The Balaban J connectivity index is 1.41. The van der Waals surface area contributed by atoms with Crippen LogP contribution in [0.1, 0.15) is 44.3 Å². The molecule has 1 unspecified atom stereocenters. The first-order valence-electron chi connectivity index (χ1n) is 12.8. The van der Waals surface area contributed by atoms with Crippen LogP contribution < -0.4 is 9.47 Å². The Morgan fingerprint density at radius 1 is 0.897 bits per heavy atom. The molecule has 1 aliphatic heterocycles. The Morgan fingerprint density at radius 2 is 1.67 bits per heavy atom. The molecule has 7 heteroatoms. The molecule has 1 N–H and O–H groups in total. The number of nitrogens with zero attached hydrogens (tertiary/aromatic N) is 3. The molecule has 0 bridgehead atoms. The van der Waals surface area contributed by atoms with Gasteiger partial charge in [0, 0.05) is 30.1 Å². The van der Waals surface area contributed by atoms with Crippen LogP contribution in [0.25, 0.3) is 11.3 Å². The zero-order valence-electron chi connectivity index (χ0n) is 21.8. The summed E-state index contributed by atoms with van der Waals surface area (Å²) in [6, 6.07) is 27.6. The van der Waals surface area contributed by atoms with Crippen molar-refractivity contribution in [3.63, 3.8) is 0 Å². The molecule has 5 aromatic rings. The van der Waals surface area contributed by atoms with Gasteiger partial charge in [-0.1, -0.05) is 66.2 Å². The Kier molecular flexibility index (Phi) is 6.55. The molecule has 1 aliphatic rings. The van der Waals surface area contributed by atoms with E-state index in [9.17, 15) is 4.79 Å². The maximum absolute atomic E-state index is 13.7. The number of carbonyl (C=O) groups is 1. The van der Waals surface area contributed by atoms with Gasteiger partial charge >= 0.3 is 0 Å². The van der Waals surface area contributed by atoms with E-state index in [0.29, 0.717) is 30.3 Å². The second-order valence-corrected chi connectivity index (χ2v) is 9.60. The van der Waals surface area contributed by atoms with Crippen LogP contribution in [0.5, 0.6) is 11.5 Å². The van der Waals surface area contributed by atoms with Gasteiger partial charge in [-0.3, -0.25) is 14.9 Å². The van der Waals surface area contributed by atoms with Gasteiger partial charge in [-0.2, -0.15) is 5.10 Å². The lowest BCUT2D eigenvalue weighted by molar-refractivity contribution is 0.0729. The van der Waals surface area contributed by atoms with Crippen LogP contribution in [0.2, 0.25) is 0 Å². The third-order valence-electron chi connectivity index (χ3n) is 7.03. The third kappa shape index (κ3) is 4.75. The second kappa shape index (κ2) is 10.5. The first-order chi connectivity index (χ1) is 19.1. The molecule has 2 aromatic heterocycles. The number of fused-ring (bicyclic) bond motifs is 1. The number of aryl methyl sites for hydroxylation is 1. The average molecular weight is 517 g/mol. The monoisotopic (exact) mass is 516 g/mol. The number of ether oxygens (including phenoxy) is 2. The van der Waals surface area contributed by atoms with Crippen molar-refractivity contribution in [1.82, 2.24) is 20.1 Å². The van der Waals surface area contributed by atoms with Gasteiger partial charge < -0.3 is 14.4 Å². The van der Waals surface area contributed by atoms with Crippen LogP contribution in [0.4, 0.5) is 0 Å². The molecular formula is C32H28N4O3. The lowest BCUT2D eigenvalue weighted by Gasteiger charge is -2.27. The van der Waals surface area contributed by atoms with Gasteiger partial charge in [-0.25, -0.2) is 0 Å². The molecule has 1 amide bonds. The highest BCUT2D eigenvalue weighted by Gasteiger charge is 2.42. The Bertz CT molecular complexity index is 1600. The maximum Gasteiger partial charge on any atom is 0.273 e. The molecule has 3 aromatic carbocycles. The maximum atomic E-state index is 13.7. The zero-order chi connectivity index (χ0) is 26.8. The molecule has 39 heavy (non-hydrogen) atoms. The molecule has 0 saturated carbocycles. The summed E-state index contributed by atoms with van der Waals surface area (Å²) in [5, 5.41) is 7.62. The number of methoxy groups -OCH3 is 1.